The van der Waals surface area contributed by atoms with Crippen LogP contribution in [0.2, 0.25) is 0 Å². The first-order valence-corrected chi connectivity index (χ1v) is 11.7. The van der Waals surface area contributed by atoms with Crippen LogP contribution in [0.15, 0.2) is 30.7 Å². The summed E-state index contributed by atoms with van der Waals surface area (Å²) in [4.78, 5) is 25.3. The number of carbonyl (C=O) groups is 1. The number of H-pyrrole nitrogens is 1. The van der Waals surface area contributed by atoms with Gasteiger partial charge in [-0.2, -0.15) is 5.10 Å². The molecule has 1 atom stereocenters. The molecule has 1 aliphatic carbocycles. The number of thiophene rings is 1. The van der Waals surface area contributed by atoms with Crippen LogP contribution in [0.1, 0.15) is 30.7 Å². The van der Waals surface area contributed by atoms with E-state index < -0.39 is 0 Å². The minimum Gasteiger partial charge on any atom is -0.446 e. The zero-order chi connectivity index (χ0) is 22.2. The van der Waals surface area contributed by atoms with E-state index in [1.807, 2.05) is 18.3 Å². The molecule has 0 aliphatic heterocycles. The van der Waals surface area contributed by atoms with Crippen LogP contribution in [0.5, 0.6) is 0 Å². The van der Waals surface area contributed by atoms with Gasteiger partial charge in [-0.3, -0.25) is 5.10 Å². The molecular formula is C23H26N6O2S. The van der Waals surface area contributed by atoms with Gasteiger partial charge in [0, 0.05) is 36.0 Å². The van der Waals surface area contributed by atoms with E-state index in [1.165, 1.54) is 10.4 Å². The predicted molar refractivity (Wildman–Crippen MR) is 127 cm³/mol. The van der Waals surface area contributed by atoms with E-state index >= 15 is 0 Å². The second-order valence-corrected chi connectivity index (χ2v) is 9.81. The number of hydrogen-bond donors (Lipinski definition) is 2. The van der Waals surface area contributed by atoms with Crippen LogP contribution in [0.4, 0.5) is 16.3 Å². The fraction of sp³-hybridized carbons (Fsp3) is 0.391. The third-order valence-corrected chi connectivity index (χ3v) is 6.88. The van der Waals surface area contributed by atoms with Crippen molar-refractivity contribution in [2.75, 3.05) is 18.9 Å². The van der Waals surface area contributed by atoms with Crippen LogP contribution in [0.3, 0.4) is 0 Å². The molecule has 3 heterocycles. The Labute approximate surface area is 190 Å². The summed E-state index contributed by atoms with van der Waals surface area (Å²) >= 11 is 1.67. The van der Waals surface area contributed by atoms with Crippen molar-refractivity contribution in [3.63, 3.8) is 0 Å². The van der Waals surface area contributed by atoms with Gasteiger partial charge in [0.2, 0.25) is 0 Å². The molecule has 9 heteroatoms. The molecule has 4 aromatic rings. The van der Waals surface area contributed by atoms with E-state index in [1.54, 1.807) is 29.6 Å². The molecule has 1 amide bonds. The van der Waals surface area contributed by atoms with Gasteiger partial charge in [0.1, 0.15) is 23.1 Å². The molecule has 8 nitrogen and oxygen atoms in total. The first-order chi connectivity index (χ1) is 15.5. The normalized spacial score (nSPS) is 15.8. The Balaban J connectivity index is 1.37. The van der Waals surface area contributed by atoms with Crippen LogP contribution < -0.4 is 5.32 Å². The summed E-state index contributed by atoms with van der Waals surface area (Å²) in [5, 5.41) is 12.6. The van der Waals surface area contributed by atoms with Crippen molar-refractivity contribution in [3.05, 3.63) is 41.2 Å². The van der Waals surface area contributed by atoms with E-state index in [9.17, 15) is 4.79 Å². The maximum Gasteiger partial charge on any atom is 0.409 e. The molecule has 0 saturated heterocycles. The first kappa shape index (κ1) is 20.7. The average molecular weight is 451 g/mol. The largest absolute Gasteiger partial charge is 0.446 e. The number of carbonyl (C=O) groups excluding carboxylic acids is 1. The lowest BCUT2D eigenvalue weighted by Crippen LogP contribution is -2.35. The van der Waals surface area contributed by atoms with E-state index in [0.29, 0.717) is 12.5 Å². The Morgan fingerprint density at radius 2 is 2.25 bits per heavy atom. The number of benzene rings is 1. The van der Waals surface area contributed by atoms with Gasteiger partial charge in [0.25, 0.3) is 0 Å². The van der Waals surface area contributed by atoms with Crippen molar-refractivity contribution in [2.45, 2.75) is 39.2 Å². The van der Waals surface area contributed by atoms with Crippen molar-refractivity contribution in [1.29, 1.82) is 0 Å². The molecule has 0 saturated carbocycles. The molecule has 3 aromatic heterocycles. The van der Waals surface area contributed by atoms with Crippen LogP contribution in [0.25, 0.3) is 21.1 Å². The Morgan fingerprint density at radius 3 is 3.09 bits per heavy atom. The zero-order valence-corrected chi connectivity index (χ0v) is 19.2. The number of amides is 1. The van der Waals surface area contributed by atoms with Gasteiger partial charge in [-0.05, 0) is 42.5 Å². The van der Waals surface area contributed by atoms with Gasteiger partial charge in [-0.15, -0.1) is 11.3 Å². The number of nitrogens with one attached hydrogen (secondary N) is 2. The third kappa shape index (κ3) is 4.00. The smallest absolute Gasteiger partial charge is 0.409 e. The average Bonchev–Trinajstić information content (AvgIpc) is 3.37. The van der Waals surface area contributed by atoms with E-state index in [0.717, 1.165) is 51.9 Å². The van der Waals surface area contributed by atoms with Crippen LogP contribution in [-0.4, -0.2) is 50.9 Å². The fourth-order valence-corrected chi connectivity index (χ4v) is 5.54. The summed E-state index contributed by atoms with van der Waals surface area (Å²) in [5.74, 6) is 1.22. The number of aromatic nitrogens is 4. The number of hydrogen-bond acceptors (Lipinski definition) is 7. The highest BCUT2D eigenvalue weighted by atomic mass is 32.1. The van der Waals surface area contributed by atoms with Gasteiger partial charge in [0.05, 0.1) is 17.1 Å². The number of ether oxygens (including phenoxy) is 1. The van der Waals surface area contributed by atoms with Crippen molar-refractivity contribution in [2.24, 2.45) is 5.92 Å². The van der Waals surface area contributed by atoms with E-state index in [-0.39, 0.29) is 12.2 Å². The maximum atomic E-state index is 12.4. The van der Waals surface area contributed by atoms with E-state index in [2.05, 4.69) is 45.4 Å². The highest BCUT2D eigenvalue weighted by molar-refractivity contribution is 7.19. The summed E-state index contributed by atoms with van der Waals surface area (Å²) < 4.78 is 5.80. The SMILES string of the molecule is CC(C)CN(C)C(=O)OC1CCc2c(sc3ncnc(Nc4ccc5[nH]ncc5c4)c23)C1. The molecule has 5 rings (SSSR count). The Kier molecular flexibility index (Phi) is 5.42. The molecule has 0 bridgehead atoms. The lowest BCUT2D eigenvalue weighted by molar-refractivity contribution is 0.0608. The van der Waals surface area contributed by atoms with Gasteiger partial charge in [-0.25, -0.2) is 14.8 Å². The second kappa shape index (κ2) is 8.38. The maximum absolute atomic E-state index is 12.4. The van der Waals surface area contributed by atoms with Gasteiger partial charge in [-0.1, -0.05) is 13.8 Å². The summed E-state index contributed by atoms with van der Waals surface area (Å²) in [5.41, 5.74) is 3.21. The van der Waals surface area contributed by atoms with Crippen molar-refractivity contribution in [1.82, 2.24) is 25.1 Å². The van der Waals surface area contributed by atoms with Gasteiger partial charge >= 0.3 is 6.09 Å². The third-order valence-electron chi connectivity index (χ3n) is 5.72. The summed E-state index contributed by atoms with van der Waals surface area (Å²) in [6, 6.07) is 6.06. The molecule has 1 unspecified atom stereocenters. The number of aromatic amines is 1. The van der Waals surface area contributed by atoms with Gasteiger partial charge < -0.3 is 15.0 Å². The fourth-order valence-electron chi connectivity index (χ4n) is 4.29. The van der Waals surface area contributed by atoms with Crippen LogP contribution >= 0.6 is 11.3 Å². The van der Waals surface area contributed by atoms with Crippen molar-refractivity contribution in [3.8, 4) is 0 Å². The molecule has 32 heavy (non-hydrogen) atoms. The molecule has 166 valence electrons. The van der Waals surface area contributed by atoms with Gasteiger partial charge in [0.15, 0.2) is 0 Å². The number of aryl methyl sites for hydroxylation is 1. The Morgan fingerprint density at radius 1 is 1.38 bits per heavy atom. The molecular weight excluding hydrogens is 424 g/mol. The summed E-state index contributed by atoms with van der Waals surface area (Å²) in [6.07, 6.45) is 5.41. The Bertz CT molecular complexity index is 1280. The van der Waals surface area contributed by atoms with Crippen molar-refractivity contribution >= 4 is 50.1 Å². The summed E-state index contributed by atoms with van der Waals surface area (Å²) in [7, 11) is 1.80. The second-order valence-electron chi connectivity index (χ2n) is 8.73. The standard InChI is InChI=1S/C23H26N6O2S/c1-13(2)11-29(3)23(30)31-16-5-6-17-19(9-16)32-22-20(17)21(24-12-25-22)27-15-4-7-18-14(8-15)10-26-28-18/h4,7-8,10,12-13,16H,5-6,9,11H2,1-3H3,(H,26,28)(H,24,25,27). The topological polar surface area (TPSA) is 96.0 Å². The highest BCUT2D eigenvalue weighted by Crippen LogP contribution is 2.39. The minimum absolute atomic E-state index is 0.106. The summed E-state index contributed by atoms with van der Waals surface area (Å²) in [6.45, 7) is 4.87. The minimum atomic E-state index is -0.245. The van der Waals surface area contributed by atoms with Crippen LogP contribution in [0, 0.1) is 5.92 Å². The molecule has 0 spiro atoms. The Hall–Kier alpha value is -3.20. The number of nitrogens with zero attached hydrogens (tertiary/aromatic N) is 4. The number of anilines is 2. The van der Waals surface area contributed by atoms with Crippen LogP contribution in [-0.2, 0) is 17.6 Å². The molecule has 0 radical (unpaired) electrons. The monoisotopic (exact) mass is 450 g/mol. The van der Waals surface area contributed by atoms with Crippen molar-refractivity contribution < 1.29 is 9.53 Å². The molecule has 2 N–H and O–H groups in total. The highest BCUT2D eigenvalue weighted by Gasteiger charge is 2.28. The lowest BCUT2D eigenvalue weighted by atomic mass is 9.94. The molecule has 1 aliphatic rings. The quantitative estimate of drug-likeness (QED) is 0.449. The number of fused-ring (bicyclic) bond motifs is 4. The predicted octanol–water partition coefficient (Wildman–Crippen LogP) is 4.89. The van der Waals surface area contributed by atoms with E-state index in [4.69, 9.17) is 4.74 Å². The first-order valence-electron chi connectivity index (χ1n) is 10.8. The lowest BCUT2D eigenvalue weighted by Gasteiger charge is -2.26. The molecule has 0 fully saturated rings. The number of rotatable bonds is 5. The zero-order valence-electron chi connectivity index (χ0n) is 18.4. The molecule has 1 aromatic carbocycles.